The molecule has 0 bridgehead atoms. The summed E-state index contributed by atoms with van der Waals surface area (Å²) in [6, 6.07) is 8.31. The fourth-order valence-corrected chi connectivity index (χ4v) is 3.45. The monoisotopic (exact) mass is 322 g/mol. The summed E-state index contributed by atoms with van der Waals surface area (Å²) in [6.45, 7) is 2.45. The Morgan fingerprint density at radius 1 is 1.47 bits per heavy atom. The van der Waals surface area contributed by atoms with Crippen molar-refractivity contribution in [1.82, 2.24) is 4.90 Å². The van der Waals surface area contributed by atoms with E-state index in [-0.39, 0.29) is 5.92 Å². The third kappa shape index (κ3) is 2.70. The first-order chi connectivity index (χ1) is 9.19. The van der Waals surface area contributed by atoms with Crippen molar-refractivity contribution in [2.75, 3.05) is 19.6 Å². The van der Waals surface area contributed by atoms with E-state index >= 15 is 0 Å². The number of likely N-dealkylation sites (tertiary alicyclic amines) is 1. The highest BCUT2D eigenvalue weighted by Gasteiger charge is 2.46. The minimum atomic E-state index is 0.200. The van der Waals surface area contributed by atoms with Crippen molar-refractivity contribution in [3.05, 3.63) is 34.3 Å². The van der Waals surface area contributed by atoms with Crippen molar-refractivity contribution >= 4 is 21.8 Å². The minimum absolute atomic E-state index is 0.200. The molecule has 1 heterocycles. The molecule has 2 fully saturated rings. The third-order valence-corrected chi connectivity index (χ3v) is 4.81. The number of carbonyl (C=O) groups is 1. The number of nitrogens with two attached hydrogens (primary N) is 1. The molecule has 1 aliphatic carbocycles. The number of rotatable bonds is 3. The Balaban J connectivity index is 1.62. The van der Waals surface area contributed by atoms with Crippen molar-refractivity contribution < 1.29 is 4.79 Å². The quantitative estimate of drug-likeness (QED) is 0.928. The molecule has 0 radical (unpaired) electrons. The first kappa shape index (κ1) is 13.1. The van der Waals surface area contributed by atoms with Gasteiger partial charge < -0.3 is 10.6 Å². The summed E-state index contributed by atoms with van der Waals surface area (Å²) in [4.78, 5) is 14.4. The topological polar surface area (TPSA) is 46.3 Å². The Kier molecular flexibility index (Phi) is 3.63. The number of nitrogens with zero attached hydrogens (tertiary/aromatic N) is 1. The van der Waals surface area contributed by atoms with E-state index in [1.54, 1.807) is 0 Å². The fraction of sp³-hybridized carbons (Fsp3) is 0.533. The first-order valence-electron chi connectivity index (χ1n) is 6.93. The first-order valence-corrected chi connectivity index (χ1v) is 7.72. The zero-order valence-electron chi connectivity index (χ0n) is 10.9. The van der Waals surface area contributed by atoms with Gasteiger partial charge in [0.05, 0.1) is 0 Å². The lowest BCUT2D eigenvalue weighted by molar-refractivity contribution is -0.131. The van der Waals surface area contributed by atoms with Crippen LogP contribution in [0.5, 0.6) is 0 Å². The van der Waals surface area contributed by atoms with E-state index in [0.29, 0.717) is 24.3 Å². The molecule has 4 heteroatoms. The van der Waals surface area contributed by atoms with Crippen LogP contribution in [-0.2, 0) is 4.79 Å². The number of amides is 1. The van der Waals surface area contributed by atoms with Gasteiger partial charge in [-0.3, -0.25) is 4.79 Å². The number of carbonyl (C=O) groups excluding carboxylic acids is 1. The standard InChI is InChI=1S/C15H19BrN2O/c16-12-3-1-2-11(6-12)13-7-14(13)15(19)18-5-4-10(8-17)9-18/h1-3,6,10,13-14H,4-5,7-9,17H2/t10-,13+,14-/m0/s1. The molecule has 3 rings (SSSR count). The average molecular weight is 323 g/mol. The number of halogens is 1. The van der Waals surface area contributed by atoms with E-state index in [4.69, 9.17) is 5.73 Å². The Hall–Kier alpha value is -0.870. The van der Waals surface area contributed by atoms with Gasteiger partial charge in [0.15, 0.2) is 0 Å². The van der Waals surface area contributed by atoms with Gasteiger partial charge in [-0.05, 0) is 48.9 Å². The summed E-state index contributed by atoms with van der Waals surface area (Å²) in [5.74, 6) is 1.46. The van der Waals surface area contributed by atoms with Crippen LogP contribution in [0.4, 0.5) is 0 Å². The van der Waals surface area contributed by atoms with Gasteiger partial charge >= 0.3 is 0 Å². The van der Waals surface area contributed by atoms with E-state index in [2.05, 4.69) is 28.1 Å². The fourth-order valence-electron chi connectivity index (χ4n) is 3.03. The molecule has 1 saturated heterocycles. The van der Waals surface area contributed by atoms with Crippen LogP contribution < -0.4 is 5.73 Å². The lowest BCUT2D eigenvalue weighted by Gasteiger charge is -2.16. The van der Waals surface area contributed by atoms with E-state index in [0.717, 1.165) is 30.4 Å². The van der Waals surface area contributed by atoms with Gasteiger partial charge in [0.1, 0.15) is 0 Å². The van der Waals surface area contributed by atoms with Crippen LogP contribution >= 0.6 is 15.9 Å². The largest absolute Gasteiger partial charge is 0.342 e. The second kappa shape index (κ2) is 5.25. The summed E-state index contributed by atoms with van der Waals surface area (Å²) in [6.07, 6.45) is 2.07. The molecule has 19 heavy (non-hydrogen) atoms. The van der Waals surface area contributed by atoms with Crippen LogP contribution in [0.15, 0.2) is 28.7 Å². The maximum absolute atomic E-state index is 12.4. The molecule has 0 spiro atoms. The second-order valence-corrected chi connectivity index (χ2v) is 6.59. The number of hydrogen-bond donors (Lipinski definition) is 1. The smallest absolute Gasteiger partial charge is 0.226 e. The molecule has 2 aliphatic rings. The van der Waals surface area contributed by atoms with Crippen molar-refractivity contribution in [2.24, 2.45) is 17.6 Å². The summed E-state index contributed by atoms with van der Waals surface area (Å²) >= 11 is 3.49. The van der Waals surface area contributed by atoms with Crippen molar-refractivity contribution in [3.63, 3.8) is 0 Å². The molecule has 3 atom stereocenters. The molecule has 1 aromatic rings. The molecule has 3 nitrogen and oxygen atoms in total. The molecule has 1 aliphatic heterocycles. The van der Waals surface area contributed by atoms with Crippen LogP contribution in [0.25, 0.3) is 0 Å². The van der Waals surface area contributed by atoms with Crippen LogP contribution in [0.1, 0.15) is 24.3 Å². The van der Waals surface area contributed by atoms with Gasteiger partial charge in [0.25, 0.3) is 0 Å². The highest BCUT2D eigenvalue weighted by atomic mass is 79.9. The Morgan fingerprint density at radius 2 is 2.32 bits per heavy atom. The zero-order valence-corrected chi connectivity index (χ0v) is 12.5. The van der Waals surface area contributed by atoms with Crippen molar-refractivity contribution in [1.29, 1.82) is 0 Å². The zero-order chi connectivity index (χ0) is 13.4. The second-order valence-electron chi connectivity index (χ2n) is 5.68. The highest BCUT2D eigenvalue weighted by molar-refractivity contribution is 9.10. The van der Waals surface area contributed by atoms with Crippen LogP contribution in [0.2, 0.25) is 0 Å². The van der Waals surface area contributed by atoms with E-state index in [1.165, 1.54) is 5.56 Å². The summed E-state index contributed by atoms with van der Waals surface area (Å²) in [5.41, 5.74) is 6.96. The molecule has 0 unspecified atom stereocenters. The van der Waals surface area contributed by atoms with Crippen LogP contribution in [0, 0.1) is 11.8 Å². The van der Waals surface area contributed by atoms with Gasteiger partial charge in [-0.2, -0.15) is 0 Å². The molecule has 1 aromatic carbocycles. The van der Waals surface area contributed by atoms with E-state index in [1.807, 2.05) is 17.0 Å². The minimum Gasteiger partial charge on any atom is -0.342 e. The Labute approximate surface area is 122 Å². The van der Waals surface area contributed by atoms with E-state index < -0.39 is 0 Å². The Morgan fingerprint density at radius 3 is 3.00 bits per heavy atom. The van der Waals surface area contributed by atoms with Gasteiger partial charge in [-0.25, -0.2) is 0 Å². The molecular weight excluding hydrogens is 304 g/mol. The number of benzene rings is 1. The molecule has 1 amide bonds. The maximum Gasteiger partial charge on any atom is 0.226 e. The molecule has 0 aromatic heterocycles. The number of hydrogen-bond acceptors (Lipinski definition) is 2. The van der Waals surface area contributed by atoms with Gasteiger partial charge in [0, 0.05) is 23.5 Å². The average Bonchev–Trinajstić information content (AvgIpc) is 3.07. The summed E-state index contributed by atoms with van der Waals surface area (Å²) < 4.78 is 1.09. The summed E-state index contributed by atoms with van der Waals surface area (Å²) in [5, 5.41) is 0. The SMILES string of the molecule is NC[C@@H]1CCN(C(=O)[C@H]2C[C@@H]2c2cccc(Br)c2)C1. The van der Waals surface area contributed by atoms with E-state index in [9.17, 15) is 4.79 Å². The highest BCUT2D eigenvalue weighted by Crippen LogP contribution is 2.49. The maximum atomic E-state index is 12.4. The lowest BCUT2D eigenvalue weighted by atomic mass is 10.1. The van der Waals surface area contributed by atoms with Gasteiger partial charge in [-0.15, -0.1) is 0 Å². The molecule has 102 valence electrons. The Bertz CT molecular complexity index is 491. The predicted octanol–water partition coefficient (Wildman–Crippen LogP) is 2.36. The van der Waals surface area contributed by atoms with Gasteiger partial charge in [0.2, 0.25) is 5.91 Å². The molecular formula is C15H19BrN2O. The third-order valence-electron chi connectivity index (χ3n) is 4.32. The van der Waals surface area contributed by atoms with Crippen LogP contribution in [0.3, 0.4) is 0 Å². The van der Waals surface area contributed by atoms with Crippen molar-refractivity contribution in [3.8, 4) is 0 Å². The normalized spacial score (nSPS) is 29.6. The molecule has 1 saturated carbocycles. The van der Waals surface area contributed by atoms with Crippen molar-refractivity contribution in [2.45, 2.75) is 18.8 Å². The predicted molar refractivity (Wildman–Crippen MR) is 78.7 cm³/mol. The van der Waals surface area contributed by atoms with Gasteiger partial charge in [-0.1, -0.05) is 28.1 Å². The lowest BCUT2D eigenvalue weighted by Crippen LogP contribution is -2.31. The molecule has 2 N–H and O–H groups in total. The summed E-state index contributed by atoms with van der Waals surface area (Å²) in [7, 11) is 0. The van der Waals surface area contributed by atoms with Crippen LogP contribution in [-0.4, -0.2) is 30.4 Å².